The molecule has 9 heteroatoms. The lowest BCUT2D eigenvalue weighted by atomic mass is 10.2. The summed E-state index contributed by atoms with van der Waals surface area (Å²) in [4.78, 5) is 19.4. The standard InChI is InChI=1S/C21H13Cl2N3O2S2/c22-17-2-1-3-18(23)16(17)12-29-21-25-19-9-6-14(10-20(19)30-21)24-11-13-4-7-15(8-5-13)26(27)28/h1-11H,12H2. The highest BCUT2D eigenvalue weighted by Crippen LogP contribution is 2.36. The third-order valence-corrected chi connectivity index (χ3v) is 7.12. The molecule has 0 atom stereocenters. The number of halogens is 2. The van der Waals surface area contributed by atoms with Crippen LogP contribution in [0.25, 0.3) is 10.2 Å². The van der Waals surface area contributed by atoms with Crippen molar-refractivity contribution in [3.63, 3.8) is 0 Å². The smallest absolute Gasteiger partial charge is 0.258 e. The van der Waals surface area contributed by atoms with Crippen molar-refractivity contribution in [2.45, 2.75) is 10.1 Å². The fourth-order valence-corrected chi connectivity index (χ4v) is 5.51. The van der Waals surface area contributed by atoms with E-state index in [2.05, 4.69) is 9.98 Å². The Balaban J connectivity index is 1.49. The first-order chi connectivity index (χ1) is 14.5. The first-order valence-electron chi connectivity index (χ1n) is 8.74. The number of nitro groups is 1. The second kappa shape index (κ2) is 9.14. The summed E-state index contributed by atoms with van der Waals surface area (Å²) in [6.07, 6.45) is 1.68. The van der Waals surface area contributed by atoms with Gasteiger partial charge in [-0.2, -0.15) is 0 Å². The van der Waals surface area contributed by atoms with Gasteiger partial charge in [0.1, 0.15) is 0 Å². The summed E-state index contributed by atoms with van der Waals surface area (Å²) >= 11 is 15.7. The Kier molecular flexibility index (Phi) is 6.34. The molecule has 0 bridgehead atoms. The average Bonchev–Trinajstić information content (AvgIpc) is 3.14. The zero-order valence-electron chi connectivity index (χ0n) is 15.3. The van der Waals surface area contributed by atoms with Crippen molar-refractivity contribution in [3.05, 3.63) is 92.0 Å². The van der Waals surface area contributed by atoms with Crippen LogP contribution in [0.5, 0.6) is 0 Å². The number of hydrogen-bond donors (Lipinski definition) is 0. The molecule has 0 unspecified atom stereocenters. The molecule has 5 nitrogen and oxygen atoms in total. The number of non-ortho nitro benzene ring substituents is 1. The second-order valence-electron chi connectivity index (χ2n) is 6.23. The molecule has 0 aliphatic heterocycles. The summed E-state index contributed by atoms with van der Waals surface area (Å²) in [7, 11) is 0. The van der Waals surface area contributed by atoms with Crippen molar-refractivity contribution in [2.24, 2.45) is 4.99 Å². The summed E-state index contributed by atoms with van der Waals surface area (Å²) < 4.78 is 1.96. The maximum Gasteiger partial charge on any atom is 0.269 e. The molecule has 4 rings (SSSR count). The zero-order chi connectivity index (χ0) is 21.1. The number of thiazole rings is 1. The number of aliphatic imine (C=N–C) groups is 1. The summed E-state index contributed by atoms with van der Waals surface area (Å²) in [6.45, 7) is 0. The normalized spacial score (nSPS) is 11.4. The molecule has 0 aliphatic rings. The Morgan fingerprint density at radius 2 is 1.83 bits per heavy atom. The van der Waals surface area contributed by atoms with E-state index in [9.17, 15) is 10.1 Å². The van der Waals surface area contributed by atoms with Crippen molar-refractivity contribution in [3.8, 4) is 0 Å². The first kappa shape index (κ1) is 20.8. The van der Waals surface area contributed by atoms with E-state index >= 15 is 0 Å². The van der Waals surface area contributed by atoms with Crippen LogP contribution >= 0.6 is 46.3 Å². The van der Waals surface area contributed by atoms with Gasteiger partial charge in [0.25, 0.3) is 5.69 Å². The van der Waals surface area contributed by atoms with E-state index in [-0.39, 0.29) is 5.69 Å². The van der Waals surface area contributed by atoms with Crippen molar-refractivity contribution in [1.82, 2.24) is 4.98 Å². The lowest BCUT2D eigenvalue weighted by molar-refractivity contribution is -0.384. The minimum Gasteiger partial charge on any atom is -0.258 e. The zero-order valence-corrected chi connectivity index (χ0v) is 18.4. The molecule has 0 saturated carbocycles. The quantitative estimate of drug-likeness (QED) is 0.125. The molecular weight excluding hydrogens is 461 g/mol. The van der Waals surface area contributed by atoms with E-state index in [1.54, 1.807) is 41.4 Å². The van der Waals surface area contributed by atoms with Crippen LogP contribution in [0.4, 0.5) is 11.4 Å². The van der Waals surface area contributed by atoms with Gasteiger partial charge in [-0.1, -0.05) is 41.0 Å². The number of nitrogens with zero attached hydrogens (tertiary/aromatic N) is 3. The fourth-order valence-electron chi connectivity index (χ4n) is 2.67. The molecular formula is C21H13Cl2N3O2S2. The number of benzene rings is 3. The number of rotatable bonds is 6. The van der Waals surface area contributed by atoms with E-state index in [1.807, 2.05) is 36.4 Å². The maximum atomic E-state index is 10.7. The van der Waals surface area contributed by atoms with Gasteiger partial charge in [0.2, 0.25) is 0 Å². The molecule has 30 heavy (non-hydrogen) atoms. The van der Waals surface area contributed by atoms with Crippen molar-refractivity contribution < 1.29 is 4.92 Å². The molecule has 0 aliphatic carbocycles. The van der Waals surface area contributed by atoms with Crippen LogP contribution < -0.4 is 0 Å². The molecule has 0 fully saturated rings. The Morgan fingerprint density at radius 3 is 2.53 bits per heavy atom. The van der Waals surface area contributed by atoms with Crippen LogP contribution in [0.2, 0.25) is 10.0 Å². The molecule has 3 aromatic carbocycles. The third kappa shape index (κ3) is 4.82. The minimum atomic E-state index is -0.423. The van der Waals surface area contributed by atoms with E-state index in [0.29, 0.717) is 15.8 Å². The molecule has 0 N–H and O–H groups in total. The Labute approximate surface area is 190 Å². The van der Waals surface area contributed by atoms with Crippen molar-refractivity contribution >= 4 is 74.1 Å². The molecule has 0 saturated heterocycles. The van der Waals surface area contributed by atoms with Crippen LogP contribution in [0.3, 0.4) is 0 Å². The highest BCUT2D eigenvalue weighted by molar-refractivity contribution is 8.00. The largest absolute Gasteiger partial charge is 0.269 e. The molecule has 0 radical (unpaired) electrons. The summed E-state index contributed by atoms with van der Waals surface area (Å²) in [5.41, 5.74) is 3.44. The molecule has 1 heterocycles. The van der Waals surface area contributed by atoms with Crippen LogP contribution in [0.15, 0.2) is 70.0 Å². The van der Waals surface area contributed by atoms with Gasteiger partial charge >= 0.3 is 0 Å². The topological polar surface area (TPSA) is 68.4 Å². The summed E-state index contributed by atoms with van der Waals surface area (Å²) in [5, 5.41) is 12.0. The number of nitro benzene ring substituents is 1. The summed E-state index contributed by atoms with van der Waals surface area (Å²) in [5.74, 6) is 0.642. The van der Waals surface area contributed by atoms with E-state index in [1.165, 1.54) is 12.1 Å². The Bertz CT molecular complexity index is 1240. The molecule has 150 valence electrons. The average molecular weight is 474 g/mol. The SMILES string of the molecule is O=[N+]([O-])c1ccc(C=Nc2ccc3nc(SCc4c(Cl)cccc4Cl)sc3c2)cc1. The minimum absolute atomic E-state index is 0.0568. The monoisotopic (exact) mass is 473 g/mol. The van der Waals surface area contributed by atoms with E-state index in [4.69, 9.17) is 23.2 Å². The van der Waals surface area contributed by atoms with Crippen molar-refractivity contribution in [1.29, 1.82) is 0 Å². The fraction of sp³-hybridized carbons (Fsp3) is 0.0476. The second-order valence-corrected chi connectivity index (χ2v) is 9.30. The lowest BCUT2D eigenvalue weighted by Crippen LogP contribution is -1.88. The highest BCUT2D eigenvalue weighted by Gasteiger charge is 2.10. The molecule has 0 amide bonds. The first-order valence-corrected chi connectivity index (χ1v) is 11.3. The predicted molar refractivity (Wildman–Crippen MR) is 126 cm³/mol. The van der Waals surface area contributed by atoms with Crippen LogP contribution in [-0.4, -0.2) is 16.1 Å². The maximum absolute atomic E-state index is 10.7. The highest BCUT2D eigenvalue weighted by atomic mass is 35.5. The van der Waals surface area contributed by atoms with Gasteiger partial charge in [0.05, 0.1) is 20.8 Å². The number of thioether (sulfide) groups is 1. The Morgan fingerprint density at radius 1 is 1.10 bits per heavy atom. The predicted octanol–water partition coefficient (Wildman–Crippen LogP) is 7.55. The van der Waals surface area contributed by atoms with Gasteiger partial charge in [0, 0.05) is 34.1 Å². The van der Waals surface area contributed by atoms with Crippen LogP contribution in [-0.2, 0) is 5.75 Å². The van der Waals surface area contributed by atoms with Gasteiger partial charge in [-0.05, 0) is 53.6 Å². The van der Waals surface area contributed by atoms with Crippen LogP contribution in [0, 0.1) is 10.1 Å². The van der Waals surface area contributed by atoms with Crippen molar-refractivity contribution in [2.75, 3.05) is 0 Å². The molecule has 0 spiro atoms. The van der Waals surface area contributed by atoms with Gasteiger partial charge < -0.3 is 0 Å². The summed E-state index contributed by atoms with van der Waals surface area (Å²) in [6, 6.07) is 17.5. The Hall–Kier alpha value is -2.45. The number of aromatic nitrogens is 1. The molecule has 1 aromatic heterocycles. The van der Waals surface area contributed by atoms with Gasteiger partial charge in [-0.15, -0.1) is 11.3 Å². The van der Waals surface area contributed by atoms with Gasteiger partial charge in [0.15, 0.2) is 4.34 Å². The number of hydrogen-bond acceptors (Lipinski definition) is 6. The van der Waals surface area contributed by atoms with E-state index in [0.717, 1.165) is 31.4 Å². The number of fused-ring (bicyclic) bond motifs is 1. The van der Waals surface area contributed by atoms with Crippen LogP contribution in [0.1, 0.15) is 11.1 Å². The lowest BCUT2D eigenvalue weighted by Gasteiger charge is -2.04. The van der Waals surface area contributed by atoms with Gasteiger partial charge in [-0.25, -0.2) is 4.98 Å². The molecule has 4 aromatic rings. The van der Waals surface area contributed by atoms with E-state index < -0.39 is 4.92 Å². The van der Waals surface area contributed by atoms with Gasteiger partial charge in [-0.3, -0.25) is 15.1 Å². The third-order valence-electron chi connectivity index (χ3n) is 4.22.